The Kier molecular flexibility index (Phi) is 4.74. The van der Waals surface area contributed by atoms with E-state index < -0.39 is 10.0 Å². The highest BCUT2D eigenvalue weighted by molar-refractivity contribution is 9.10. The molecule has 0 fully saturated rings. The molecule has 5 heteroatoms. The van der Waals surface area contributed by atoms with Crippen LogP contribution in [0.5, 0.6) is 0 Å². The summed E-state index contributed by atoms with van der Waals surface area (Å²) in [5.74, 6) is 0. The fourth-order valence-corrected chi connectivity index (χ4v) is 4.09. The zero-order valence-electron chi connectivity index (χ0n) is 12.3. The van der Waals surface area contributed by atoms with Gasteiger partial charge >= 0.3 is 0 Å². The summed E-state index contributed by atoms with van der Waals surface area (Å²) < 4.78 is 28.0. The quantitative estimate of drug-likeness (QED) is 0.808. The highest BCUT2D eigenvalue weighted by atomic mass is 79.9. The second kappa shape index (κ2) is 6.20. The SMILES string of the molecule is CCN(c1ccc(C)cc1C)S(=O)(=O)c1ccc(Br)cc1. The minimum atomic E-state index is -3.54. The number of anilines is 1. The van der Waals surface area contributed by atoms with Crippen LogP contribution >= 0.6 is 15.9 Å². The molecule has 3 nitrogen and oxygen atoms in total. The van der Waals surface area contributed by atoms with Gasteiger partial charge in [0, 0.05) is 11.0 Å². The Morgan fingerprint density at radius 1 is 1.05 bits per heavy atom. The van der Waals surface area contributed by atoms with Crippen molar-refractivity contribution in [1.29, 1.82) is 0 Å². The van der Waals surface area contributed by atoms with Crippen LogP contribution in [0.25, 0.3) is 0 Å². The van der Waals surface area contributed by atoms with Crippen LogP contribution in [0.15, 0.2) is 51.8 Å². The lowest BCUT2D eigenvalue weighted by molar-refractivity contribution is 0.591. The average Bonchev–Trinajstić information content (AvgIpc) is 2.42. The van der Waals surface area contributed by atoms with Gasteiger partial charge in [-0.05, 0) is 56.7 Å². The van der Waals surface area contributed by atoms with E-state index in [1.54, 1.807) is 24.3 Å². The number of benzene rings is 2. The van der Waals surface area contributed by atoms with Crippen molar-refractivity contribution in [2.24, 2.45) is 0 Å². The van der Waals surface area contributed by atoms with Gasteiger partial charge in [0.1, 0.15) is 0 Å². The van der Waals surface area contributed by atoms with Crippen LogP contribution < -0.4 is 4.31 Å². The highest BCUT2D eigenvalue weighted by Crippen LogP contribution is 2.27. The van der Waals surface area contributed by atoms with Gasteiger partial charge in [0.2, 0.25) is 0 Å². The normalized spacial score (nSPS) is 11.4. The number of hydrogen-bond donors (Lipinski definition) is 0. The molecule has 0 saturated heterocycles. The van der Waals surface area contributed by atoms with E-state index in [2.05, 4.69) is 15.9 Å². The molecule has 0 atom stereocenters. The van der Waals surface area contributed by atoms with Crippen LogP contribution in [0.1, 0.15) is 18.1 Å². The van der Waals surface area contributed by atoms with Gasteiger partial charge in [-0.15, -0.1) is 0 Å². The average molecular weight is 368 g/mol. The molecule has 0 aliphatic rings. The minimum absolute atomic E-state index is 0.299. The maximum Gasteiger partial charge on any atom is 0.264 e. The molecular weight excluding hydrogens is 350 g/mol. The Hall–Kier alpha value is -1.33. The molecule has 2 aromatic carbocycles. The van der Waals surface area contributed by atoms with E-state index in [4.69, 9.17) is 0 Å². The van der Waals surface area contributed by atoms with Crippen molar-refractivity contribution in [2.75, 3.05) is 10.8 Å². The van der Waals surface area contributed by atoms with E-state index >= 15 is 0 Å². The van der Waals surface area contributed by atoms with Gasteiger partial charge in [-0.1, -0.05) is 33.6 Å². The van der Waals surface area contributed by atoms with E-state index in [9.17, 15) is 8.42 Å². The summed E-state index contributed by atoms with van der Waals surface area (Å²) in [6, 6.07) is 12.5. The molecule has 0 bridgehead atoms. The lowest BCUT2D eigenvalue weighted by Gasteiger charge is -2.25. The van der Waals surface area contributed by atoms with Crippen LogP contribution in [-0.2, 0) is 10.0 Å². The van der Waals surface area contributed by atoms with Gasteiger partial charge in [-0.2, -0.15) is 0 Å². The Labute approximate surface area is 134 Å². The third-order valence-electron chi connectivity index (χ3n) is 3.31. The zero-order valence-corrected chi connectivity index (χ0v) is 14.7. The summed E-state index contributed by atoms with van der Waals surface area (Å²) in [7, 11) is -3.54. The third kappa shape index (κ3) is 3.30. The third-order valence-corrected chi connectivity index (χ3v) is 5.74. The van der Waals surface area contributed by atoms with Crippen LogP contribution in [0.4, 0.5) is 5.69 Å². The molecule has 0 heterocycles. The van der Waals surface area contributed by atoms with Crippen molar-refractivity contribution in [2.45, 2.75) is 25.7 Å². The van der Waals surface area contributed by atoms with Crippen LogP contribution in [0, 0.1) is 13.8 Å². The molecule has 0 aliphatic heterocycles. The number of nitrogens with zero attached hydrogens (tertiary/aromatic N) is 1. The number of sulfonamides is 1. The molecule has 2 rings (SSSR count). The summed E-state index contributed by atoms with van der Waals surface area (Å²) in [5, 5.41) is 0. The lowest BCUT2D eigenvalue weighted by Crippen LogP contribution is -2.31. The van der Waals surface area contributed by atoms with Crippen molar-refractivity contribution >= 4 is 31.6 Å². The second-order valence-electron chi connectivity index (χ2n) is 4.91. The summed E-state index contributed by atoms with van der Waals surface area (Å²) in [6.07, 6.45) is 0. The standard InChI is InChI=1S/C16H18BrNO2S/c1-4-18(16-10-5-12(2)11-13(16)3)21(19,20)15-8-6-14(17)7-9-15/h5-11H,4H2,1-3H3. The van der Waals surface area contributed by atoms with Gasteiger partial charge in [0.15, 0.2) is 0 Å². The molecule has 21 heavy (non-hydrogen) atoms. The van der Waals surface area contributed by atoms with E-state index in [1.807, 2.05) is 39.0 Å². The van der Waals surface area contributed by atoms with Crippen molar-refractivity contribution in [3.8, 4) is 0 Å². The molecule has 0 unspecified atom stereocenters. The maximum absolute atomic E-state index is 12.8. The first-order valence-electron chi connectivity index (χ1n) is 6.72. The number of aryl methyl sites for hydroxylation is 2. The topological polar surface area (TPSA) is 37.4 Å². The molecule has 0 aromatic heterocycles. The summed E-state index contributed by atoms with van der Waals surface area (Å²) in [5.41, 5.74) is 2.80. The van der Waals surface area contributed by atoms with Gasteiger partial charge in [-0.25, -0.2) is 8.42 Å². The molecule has 0 amide bonds. The summed E-state index contributed by atoms with van der Waals surface area (Å²) in [4.78, 5) is 0.299. The fraction of sp³-hybridized carbons (Fsp3) is 0.250. The number of halogens is 1. The molecule has 0 radical (unpaired) electrons. The Morgan fingerprint density at radius 2 is 1.67 bits per heavy atom. The van der Waals surface area contributed by atoms with Crippen molar-refractivity contribution in [1.82, 2.24) is 0 Å². The number of rotatable bonds is 4. The fourth-order valence-electron chi connectivity index (χ4n) is 2.29. The Balaban J connectivity index is 2.51. The van der Waals surface area contributed by atoms with Gasteiger partial charge in [0.25, 0.3) is 10.0 Å². The maximum atomic E-state index is 12.8. The van der Waals surface area contributed by atoms with E-state index in [-0.39, 0.29) is 0 Å². The molecule has 2 aromatic rings. The predicted molar refractivity (Wildman–Crippen MR) is 90.3 cm³/mol. The van der Waals surface area contributed by atoms with Crippen molar-refractivity contribution in [3.05, 3.63) is 58.1 Å². The zero-order chi connectivity index (χ0) is 15.6. The molecule has 0 saturated carbocycles. The van der Waals surface area contributed by atoms with Crippen LogP contribution in [-0.4, -0.2) is 15.0 Å². The smallest absolute Gasteiger partial charge is 0.264 e. The van der Waals surface area contributed by atoms with E-state index in [0.717, 1.165) is 21.3 Å². The number of hydrogen-bond acceptors (Lipinski definition) is 2. The largest absolute Gasteiger partial charge is 0.266 e. The van der Waals surface area contributed by atoms with E-state index in [1.165, 1.54) is 4.31 Å². The van der Waals surface area contributed by atoms with E-state index in [0.29, 0.717) is 11.4 Å². The second-order valence-corrected chi connectivity index (χ2v) is 7.69. The molecule has 0 spiro atoms. The van der Waals surface area contributed by atoms with Gasteiger partial charge in [-0.3, -0.25) is 4.31 Å². The first kappa shape index (κ1) is 16.0. The van der Waals surface area contributed by atoms with Crippen LogP contribution in [0.2, 0.25) is 0 Å². The van der Waals surface area contributed by atoms with Crippen molar-refractivity contribution < 1.29 is 8.42 Å². The Morgan fingerprint density at radius 3 is 2.19 bits per heavy atom. The molecule has 0 aliphatic carbocycles. The molecule has 0 N–H and O–H groups in total. The van der Waals surface area contributed by atoms with Crippen molar-refractivity contribution in [3.63, 3.8) is 0 Å². The predicted octanol–water partition coefficient (Wildman–Crippen LogP) is 4.28. The summed E-state index contributed by atoms with van der Waals surface area (Å²) in [6.45, 7) is 6.16. The van der Waals surface area contributed by atoms with Crippen LogP contribution in [0.3, 0.4) is 0 Å². The highest BCUT2D eigenvalue weighted by Gasteiger charge is 2.24. The monoisotopic (exact) mass is 367 g/mol. The lowest BCUT2D eigenvalue weighted by atomic mass is 10.1. The van der Waals surface area contributed by atoms with Gasteiger partial charge < -0.3 is 0 Å². The van der Waals surface area contributed by atoms with Gasteiger partial charge in [0.05, 0.1) is 10.6 Å². The Bertz CT molecular complexity index is 739. The molecular formula is C16H18BrNO2S. The molecule has 112 valence electrons. The first-order chi connectivity index (χ1) is 9.86. The first-order valence-corrected chi connectivity index (χ1v) is 8.95. The minimum Gasteiger partial charge on any atom is -0.266 e. The summed E-state index contributed by atoms with van der Waals surface area (Å²) >= 11 is 3.32.